The number of carbonyl (C=O) groups is 2. The summed E-state index contributed by atoms with van der Waals surface area (Å²) in [5.74, 6) is -0.743. The lowest BCUT2D eigenvalue weighted by molar-refractivity contribution is 0.0981. The first-order valence-corrected chi connectivity index (χ1v) is 9.21. The maximum Gasteiger partial charge on any atom is 0.276 e. The Labute approximate surface area is 168 Å². The first-order chi connectivity index (χ1) is 13.6. The quantitative estimate of drug-likeness (QED) is 0.460. The Kier molecular flexibility index (Phi) is 4.90. The van der Waals surface area contributed by atoms with Gasteiger partial charge in [-0.1, -0.05) is 34.1 Å². The highest BCUT2D eigenvalue weighted by Crippen LogP contribution is 2.20. The second-order valence-electron chi connectivity index (χ2n) is 5.94. The van der Waals surface area contributed by atoms with E-state index < -0.39 is 11.7 Å². The number of aromatic nitrogens is 2. The summed E-state index contributed by atoms with van der Waals surface area (Å²) in [4.78, 5) is 25.7. The van der Waals surface area contributed by atoms with Gasteiger partial charge < -0.3 is 9.73 Å². The normalized spacial score (nSPS) is 10.6. The first kappa shape index (κ1) is 17.9. The van der Waals surface area contributed by atoms with Gasteiger partial charge in [0.25, 0.3) is 5.91 Å². The highest BCUT2D eigenvalue weighted by atomic mass is 79.9. The van der Waals surface area contributed by atoms with E-state index in [0.29, 0.717) is 5.69 Å². The molecule has 0 unspecified atom stereocenters. The van der Waals surface area contributed by atoms with E-state index >= 15 is 0 Å². The molecule has 4 rings (SSSR count). The minimum atomic E-state index is -0.475. The zero-order valence-corrected chi connectivity index (χ0v) is 16.1. The van der Waals surface area contributed by atoms with Crippen molar-refractivity contribution in [1.82, 2.24) is 9.78 Å². The molecule has 0 aliphatic rings. The number of furan rings is 1. The minimum absolute atomic E-state index is 0.0215. The molecule has 0 aliphatic heterocycles. The summed E-state index contributed by atoms with van der Waals surface area (Å²) in [5.41, 5.74) is 1.51. The third kappa shape index (κ3) is 3.65. The van der Waals surface area contributed by atoms with Gasteiger partial charge in [0.1, 0.15) is 0 Å². The molecule has 2 aromatic heterocycles. The average Bonchev–Trinajstić information content (AvgIpc) is 3.39. The van der Waals surface area contributed by atoms with Gasteiger partial charge in [-0.05, 0) is 48.5 Å². The molecule has 1 N–H and O–H groups in total. The van der Waals surface area contributed by atoms with Gasteiger partial charge in [-0.15, -0.1) is 0 Å². The number of amides is 1. The summed E-state index contributed by atoms with van der Waals surface area (Å²) >= 11 is 3.39. The van der Waals surface area contributed by atoms with Gasteiger partial charge in [-0.2, -0.15) is 5.10 Å². The lowest BCUT2D eigenvalue weighted by Gasteiger charge is -2.04. The predicted molar refractivity (Wildman–Crippen MR) is 108 cm³/mol. The van der Waals surface area contributed by atoms with Crippen LogP contribution in [-0.2, 0) is 0 Å². The van der Waals surface area contributed by atoms with Crippen molar-refractivity contribution in [2.24, 2.45) is 0 Å². The Morgan fingerprint density at radius 2 is 1.71 bits per heavy atom. The Morgan fingerprint density at radius 1 is 0.964 bits per heavy atom. The molecule has 2 aromatic carbocycles. The van der Waals surface area contributed by atoms with Crippen LogP contribution in [0.15, 0.2) is 88.1 Å². The monoisotopic (exact) mass is 435 g/mol. The van der Waals surface area contributed by atoms with Crippen molar-refractivity contribution >= 4 is 33.3 Å². The largest absolute Gasteiger partial charge is 0.461 e. The zero-order chi connectivity index (χ0) is 19.5. The number of halogens is 1. The molecule has 138 valence electrons. The van der Waals surface area contributed by atoms with Crippen LogP contribution in [0.25, 0.3) is 5.69 Å². The number of carbonyl (C=O) groups excluding carboxylic acids is 2. The van der Waals surface area contributed by atoms with Gasteiger partial charge in [0.15, 0.2) is 11.5 Å². The SMILES string of the molecule is O=C(c1ccco1)c1cn(-c2ccc(Br)cc2)nc1C(=O)Nc1ccccc1. The van der Waals surface area contributed by atoms with E-state index in [0.717, 1.165) is 10.2 Å². The molecular weight excluding hydrogens is 422 g/mol. The Balaban J connectivity index is 1.75. The van der Waals surface area contributed by atoms with Gasteiger partial charge in [0, 0.05) is 16.4 Å². The van der Waals surface area contributed by atoms with Gasteiger partial charge in [-0.25, -0.2) is 4.68 Å². The van der Waals surface area contributed by atoms with Crippen molar-refractivity contribution in [3.05, 3.63) is 101 Å². The van der Waals surface area contributed by atoms with Crippen LogP contribution >= 0.6 is 15.9 Å². The van der Waals surface area contributed by atoms with E-state index in [9.17, 15) is 9.59 Å². The van der Waals surface area contributed by atoms with E-state index in [-0.39, 0.29) is 17.0 Å². The molecular formula is C21H14BrN3O3. The first-order valence-electron chi connectivity index (χ1n) is 8.42. The predicted octanol–water partition coefficient (Wildman–Crippen LogP) is 4.71. The molecule has 2 heterocycles. The molecule has 7 heteroatoms. The topological polar surface area (TPSA) is 77.1 Å². The summed E-state index contributed by atoms with van der Waals surface area (Å²) in [5, 5.41) is 7.13. The molecule has 0 atom stereocenters. The standard InChI is InChI=1S/C21H14BrN3O3/c22-14-8-10-16(11-9-14)25-13-17(20(26)18-7-4-12-28-18)19(24-25)21(27)23-15-5-2-1-3-6-15/h1-13H,(H,23,27). The number of rotatable bonds is 5. The van der Waals surface area contributed by atoms with E-state index in [1.54, 1.807) is 24.3 Å². The van der Waals surface area contributed by atoms with Crippen LogP contribution in [0.1, 0.15) is 26.6 Å². The molecule has 6 nitrogen and oxygen atoms in total. The van der Waals surface area contributed by atoms with E-state index in [2.05, 4.69) is 26.3 Å². The number of ketones is 1. The van der Waals surface area contributed by atoms with E-state index in [4.69, 9.17) is 4.42 Å². The number of benzene rings is 2. The van der Waals surface area contributed by atoms with Gasteiger partial charge in [-0.3, -0.25) is 9.59 Å². The summed E-state index contributed by atoms with van der Waals surface area (Å²) < 4.78 is 7.63. The highest BCUT2D eigenvalue weighted by molar-refractivity contribution is 9.10. The highest BCUT2D eigenvalue weighted by Gasteiger charge is 2.25. The fourth-order valence-electron chi connectivity index (χ4n) is 2.69. The average molecular weight is 436 g/mol. The molecule has 0 saturated carbocycles. The summed E-state index contributed by atoms with van der Waals surface area (Å²) in [6.07, 6.45) is 2.95. The van der Waals surface area contributed by atoms with Crippen LogP contribution in [0, 0.1) is 0 Å². The molecule has 0 aliphatic carbocycles. The number of hydrogen-bond acceptors (Lipinski definition) is 4. The summed E-state index contributed by atoms with van der Waals surface area (Å²) in [7, 11) is 0. The van der Waals surface area contributed by atoms with Crippen molar-refractivity contribution in [3.8, 4) is 5.69 Å². The van der Waals surface area contributed by atoms with Gasteiger partial charge in [0.05, 0.1) is 17.5 Å². The van der Waals surface area contributed by atoms with Crippen LogP contribution in [0.2, 0.25) is 0 Å². The number of anilines is 1. The molecule has 0 fully saturated rings. The smallest absolute Gasteiger partial charge is 0.276 e. The third-order valence-electron chi connectivity index (χ3n) is 4.04. The van der Waals surface area contributed by atoms with Crippen LogP contribution in [0.4, 0.5) is 5.69 Å². The molecule has 0 radical (unpaired) electrons. The summed E-state index contributed by atoms with van der Waals surface area (Å²) in [6.45, 7) is 0. The van der Waals surface area contributed by atoms with Crippen LogP contribution in [0.3, 0.4) is 0 Å². The van der Waals surface area contributed by atoms with Crippen LogP contribution in [0.5, 0.6) is 0 Å². The maximum absolute atomic E-state index is 12.8. The van der Waals surface area contributed by atoms with Gasteiger partial charge >= 0.3 is 0 Å². The fourth-order valence-corrected chi connectivity index (χ4v) is 2.95. The number of nitrogens with zero attached hydrogens (tertiary/aromatic N) is 2. The van der Waals surface area contributed by atoms with Crippen molar-refractivity contribution in [3.63, 3.8) is 0 Å². The second kappa shape index (κ2) is 7.66. The summed E-state index contributed by atoms with van der Waals surface area (Å²) in [6, 6.07) is 19.5. The Bertz CT molecular complexity index is 1120. The number of para-hydroxylation sites is 1. The maximum atomic E-state index is 12.8. The van der Waals surface area contributed by atoms with Crippen molar-refractivity contribution in [2.45, 2.75) is 0 Å². The number of hydrogen-bond donors (Lipinski definition) is 1. The number of nitrogens with one attached hydrogen (secondary N) is 1. The van der Waals surface area contributed by atoms with Gasteiger partial charge in [0.2, 0.25) is 5.78 Å². The lowest BCUT2D eigenvalue weighted by Crippen LogP contribution is -2.16. The third-order valence-corrected chi connectivity index (χ3v) is 4.57. The van der Waals surface area contributed by atoms with E-state index in [1.165, 1.54) is 17.1 Å². The van der Waals surface area contributed by atoms with E-state index in [1.807, 2.05) is 42.5 Å². The molecule has 28 heavy (non-hydrogen) atoms. The van der Waals surface area contributed by atoms with Crippen molar-refractivity contribution < 1.29 is 14.0 Å². The lowest BCUT2D eigenvalue weighted by atomic mass is 10.1. The molecule has 0 spiro atoms. The molecule has 4 aromatic rings. The zero-order valence-electron chi connectivity index (χ0n) is 14.5. The Morgan fingerprint density at radius 3 is 2.39 bits per heavy atom. The van der Waals surface area contributed by atoms with Crippen molar-refractivity contribution in [1.29, 1.82) is 0 Å². The van der Waals surface area contributed by atoms with Crippen molar-refractivity contribution in [2.75, 3.05) is 5.32 Å². The fraction of sp³-hybridized carbons (Fsp3) is 0. The molecule has 0 bridgehead atoms. The van der Waals surface area contributed by atoms with Crippen LogP contribution in [-0.4, -0.2) is 21.5 Å². The minimum Gasteiger partial charge on any atom is -0.461 e. The van der Waals surface area contributed by atoms with Crippen LogP contribution < -0.4 is 5.32 Å². The second-order valence-corrected chi connectivity index (χ2v) is 6.85. The Hall–Kier alpha value is -3.45. The molecule has 0 saturated heterocycles. The molecule has 1 amide bonds.